The molecular weight excluding hydrogens is 188 g/mol. The van der Waals surface area contributed by atoms with Crippen LogP contribution < -0.4 is 4.74 Å². The van der Waals surface area contributed by atoms with Crippen molar-refractivity contribution in [1.82, 2.24) is 0 Å². The topological polar surface area (TPSA) is 29.5 Å². The van der Waals surface area contributed by atoms with Gasteiger partial charge >= 0.3 is 0 Å². The van der Waals surface area contributed by atoms with Crippen molar-refractivity contribution in [3.63, 3.8) is 0 Å². The fraction of sp³-hybridized carbons (Fsp3) is 0.538. The first-order valence-electron chi connectivity index (χ1n) is 5.62. The zero-order chi connectivity index (χ0) is 11.3. The number of hydrogen-bond acceptors (Lipinski definition) is 2. The molecule has 0 saturated carbocycles. The first-order valence-corrected chi connectivity index (χ1v) is 5.62. The Balaban J connectivity index is 2.77. The molecule has 1 N–H and O–H groups in total. The van der Waals surface area contributed by atoms with Crippen LogP contribution >= 0.6 is 0 Å². The van der Waals surface area contributed by atoms with Gasteiger partial charge in [-0.3, -0.25) is 0 Å². The predicted molar refractivity (Wildman–Crippen MR) is 62.4 cm³/mol. The maximum atomic E-state index is 9.53. The smallest absolute Gasteiger partial charge is 0.161 e. The second-order valence-electron chi connectivity index (χ2n) is 3.95. The lowest BCUT2D eigenvalue weighted by Crippen LogP contribution is -1.99. The Kier molecular flexibility index (Phi) is 4.47. The van der Waals surface area contributed by atoms with Gasteiger partial charge in [0.25, 0.3) is 0 Å². The lowest BCUT2D eigenvalue weighted by molar-refractivity contribution is 0.317. The summed E-state index contributed by atoms with van der Waals surface area (Å²) in [6.45, 7) is 6.92. The van der Waals surface area contributed by atoms with Crippen molar-refractivity contribution in [1.29, 1.82) is 0 Å². The molecule has 0 heterocycles. The van der Waals surface area contributed by atoms with Gasteiger partial charge in [0.15, 0.2) is 11.5 Å². The summed E-state index contributed by atoms with van der Waals surface area (Å²) in [6.07, 6.45) is 2.21. The fourth-order valence-corrected chi connectivity index (χ4v) is 1.50. The number of phenols is 1. The summed E-state index contributed by atoms with van der Waals surface area (Å²) < 4.78 is 5.34. The zero-order valence-electron chi connectivity index (χ0n) is 9.79. The van der Waals surface area contributed by atoms with Gasteiger partial charge in [0.2, 0.25) is 0 Å². The van der Waals surface area contributed by atoms with Crippen molar-refractivity contribution in [2.45, 2.75) is 33.6 Å². The molecule has 1 rings (SSSR count). The molecular formula is C13H20O2. The Morgan fingerprint density at radius 2 is 2.07 bits per heavy atom. The standard InChI is InChI=1S/C13H20O2/c1-4-10(3)8-11-6-7-12(14)13(9-11)15-5-2/h6-7,9-10,14H,4-5,8H2,1-3H3. The number of hydrogen-bond donors (Lipinski definition) is 1. The van der Waals surface area contributed by atoms with Gasteiger partial charge in [-0.25, -0.2) is 0 Å². The third-order valence-corrected chi connectivity index (χ3v) is 2.61. The van der Waals surface area contributed by atoms with Gasteiger partial charge in [-0.15, -0.1) is 0 Å². The van der Waals surface area contributed by atoms with Crippen LogP contribution in [0.5, 0.6) is 11.5 Å². The van der Waals surface area contributed by atoms with E-state index in [1.54, 1.807) is 6.07 Å². The normalized spacial score (nSPS) is 12.5. The largest absolute Gasteiger partial charge is 0.504 e. The second kappa shape index (κ2) is 5.64. The zero-order valence-corrected chi connectivity index (χ0v) is 9.79. The number of ether oxygens (including phenoxy) is 1. The molecule has 15 heavy (non-hydrogen) atoms. The van der Waals surface area contributed by atoms with Crippen LogP contribution in [0.25, 0.3) is 0 Å². The summed E-state index contributed by atoms with van der Waals surface area (Å²) in [5.41, 5.74) is 1.23. The maximum Gasteiger partial charge on any atom is 0.161 e. The van der Waals surface area contributed by atoms with E-state index in [-0.39, 0.29) is 5.75 Å². The minimum Gasteiger partial charge on any atom is -0.504 e. The molecule has 84 valence electrons. The highest BCUT2D eigenvalue weighted by molar-refractivity contribution is 5.41. The first kappa shape index (κ1) is 11.9. The van der Waals surface area contributed by atoms with Crippen molar-refractivity contribution < 1.29 is 9.84 Å². The van der Waals surface area contributed by atoms with Crippen LogP contribution in [0.3, 0.4) is 0 Å². The van der Waals surface area contributed by atoms with Gasteiger partial charge in [0.1, 0.15) is 0 Å². The highest BCUT2D eigenvalue weighted by atomic mass is 16.5. The molecule has 0 spiro atoms. The summed E-state index contributed by atoms with van der Waals surface area (Å²) in [5.74, 6) is 1.49. The molecule has 0 saturated heterocycles. The molecule has 0 aromatic heterocycles. The average Bonchev–Trinajstić information content (AvgIpc) is 2.23. The molecule has 0 bridgehead atoms. The quantitative estimate of drug-likeness (QED) is 0.803. The highest BCUT2D eigenvalue weighted by Gasteiger charge is 2.06. The molecule has 2 nitrogen and oxygen atoms in total. The Morgan fingerprint density at radius 1 is 1.33 bits per heavy atom. The molecule has 1 aromatic rings. The molecule has 1 aromatic carbocycles. The predicted octanol–water partition coefficient (Wildman–Crippen LogP) is 3.38. The number of aromatic hydroxyl groups is 1. The summed E-state index contributed by atoms with van der Waals surface area (Å²) in [7, 11) is 0. The summed E-state index contributed by atoms with van der Waals surface area (Å²) in [4.78, 5) is 0. The van der Waals surface area contributed by atoms with E-state index in [9.17, 15) is 5.11 Å². The summed E-state index contributed by atoms with van der Waals surface area (Å²) in [5, 5.41) is 9.53. The van der Waals surface area contributed by atoms with Crippen LogP contribution in [0.2, 0.25) is 0 Å². The molecule has 2 heteroatoms. The molecule has 0 radical (unpaired) electrons. The lowest BCUT2D eigenvalue weighted by Gasteiger charge is -2.11. The Labute approximate surface area is 91.9 Å². The minimum atomic E-state index is 0.227. The average molecular weight is 208 g/mol. The molecule has 1 atom stereocenters. The van der Waals surface area contributed by atoms with Crippen molar-refractivity contribution in [2.24, 2.45) is 5.92 Å². The molecule has 0 amide bonds. The van der Waals surface area contributed by atoms with Crippen LogP contribution in [0, 0.1) is 5.92 Å². The first-order chi connectivity index (χ1) is 7.17. The van der Waals surface area contributed by atoms with Crippen molar-refractivity contribution >= 4 is 0 Å². The van der Waals surface area contributed by atoms with Gasteiger partial charge in [-0.05, 0) is 37.0 Å². The van der Waals surface area contributed by atoms with Gasteiger partial charge in [-0.2, -0.15) is 0 Å². The minimum absolute atomic E-state index is 0.227. The van der Waals surface area contributed by atoms with Gasteiger partial charge in [-0.1, -0.05) is 26.3 Å². The number of benzene rings is 1. The van der Waals surface area contributed by atoms with E-state index in [2.05, 4.69) is 13.8 Å². The summed E-state index contributed by atoms with van der Waals surface area (Å²) in [6, 6.07) is 5.61. The van der Waals surface area contributed by atoms with E-state index in [0.29, 0.717) is 18.3 Å². The van der Waals surface area contributed by atoms with E-state index in [1.165, 1.54) is 12.0 Å². The van der Waals surface area contributed by atoms with E-state index in [1.807, 2.05) is 19.1 Å². The monoisotopic (exact) mass is 208 g/mol. The van der Waals surface area contributed by atoms with E-state index >= 15 is 0 Å². The van der Waals surface area contributed by atoms with Gasteiger partial charge in [0, 0.05) is 0 Å². The Hall–Kier alpha value is -1.18. The SMILES string of the molecule is CCOc1cc(CC(C)CC)ccc1O. The molecule has 0 aliphatic rings. The molecule has 0 aliphatic carbocycles. The van der Waals surface area contributed by atoms with Crippen LogP contribution in [0.15, 0.2) is 18.2 Å². The maximum absolute atomic E-state index is 9.53. The van der Waals surface area contributed by atoms with E-state index in [4.69, 9.17) is 4.74 Å². The van der Waals surface area contributed by atoms with E-state index < -0.39 is 0 Å². The Bertz CT molecular complexity index is 307. The third kappa shape index (κ3) is 3.46. The van der Waals surface area contributed by atoms with Crippen LogP contribution in [-0.2, 0) is 6.42 Å². The lowest BCUT2D eigenvalue weighted by atomic mass is 9.99. The number of phenolic OH excluding ortho intramolecular Hbond substituents is 1. The van der Waals surface area contributed by atoms with Crippen LogP contribution in [-0.4, -0.2) is 11.7 Å². The van der Waals surface area contributed by atoms with Crippen molar-refractivity contribution in [3.8, 4) is 11.5 Å². The highest BCUT2D eigenvalue weighted by Crippen LogP contribution is 2.28. The van der Waals surface area contributed by atoms with Crippen LogP contribution in [0.4, 0.5) is 0 Å². The third-order valence-electron chi connectivity index (χ3n) is 2.61. The Morgan fingerprint density at radius 3 is 2.67 bits per heavy atom. The molecule has 0 fully saturated rings. The molecule has 0 aliphatic heterocycles. The van der Waals surface area contributed by atoms with Gasteiger partial charge < -0.3 is 9.84 Å². The van der Waals surface area contributed by atoms with Crippen molar-refractivity contribution in [2.75, 3.05) is 6.61 Å². The second-order valence-corrected chi connectivity index (χ2v) is 3.95. The van der Waals surface area contributed by atoms with Gasteiger partial charge in [0.05, 0.1) is 6.61 Å². The van der Waals surface area contributed by atoms with Crippen LogP contribution in [0.1, 0.15) is 32.8 Å². The fourth-order valence-electron chi connectivity index (χ4n) is 1.50. The molecule has 1 unspecified atom stereocenters. The van der Waals surface area contributed by atoms with E-state index in [0.717, 1.165) is 6.42 Å². The van der Waals surface area contributed by atoms with Crippen molar-refractivity contribution in [3.05, 3.63) is 23.8 Å². The number of rotatable bonds is 5. The summed E-state index contributed by atoms with van der Waals surface area (Å²) >= 11 is 0.